The molecule has 0 bridgehead atoms. The summed E-state index contributed by atoms with van der Waals surface area (Å²) in [6.45, 7) is -0.223. The summed E-state index contributed by atoms with van der Waals surface area (Å²) >= 11 is 6.62. The lowest BCUT2D eigenvalue weighted by molar-refractivity contribution is 0.280. The molecule has 0 fully saturated rings. The highest BCUT2D eigenvalue weighted by Crippen LogP contribution is 2.30. The van der Waals surface area contributed by atoms with Gasteiger partial charge < -0.3 is 9.84 Å². The fourth-order valence-corrected chi connectivity index (χ4v) is 1.73. The monoisotopic (exact) mass is 260 g/mol. The third kappa shape index (κ3) is 2.29. The third-order valence-electron chi connectivity index (χ3n) is 1.70. The van der Waals surface area contributed by atoms with Crippen LogP contribution in [0, 0.1) is 5.82 Å². The number of halogens is 2. The Morgan fingerprint density at radius 2 is 2.25 bits per heavy atom. The van der Waals surface area contributed by atoms with Crippen molar-refractivity contribution in [3.05, 3.63) is 34.0 Å². The van der Waals surface area contributed by atoms with Gasteiger partial charge in [0, 0.05) is 0 Å². The molecule has 2 rings (SSSR count). The van der Waals surface area contributed by atoms with E-state index >= 15 is 0 Å². The maximum absolute atomic E-state index is 13.4. The SMILES string of the molecule is OCc1nnc(Oc2cccc(Cl)c2F)s1. The molecule has 0 atom stereocenters. The minimum Gasteiger partial charge on any atom is -0.427 e. The molecule has 1 heterocycles. The van der Waals surface area contributed by atoms with Crippen molar-refractivity contribution in [2.24, 2.45) is 0 Å². The molecule has 0 amide bonds. The topological polar surface area (TPSA) is 55.2 Å². The average molecular weight is 261 g/mol. The van der Waals surface area contributed by atoms with Crippen molar-refractivity contribution < 1.29 is 14.2 Å². The van der Waals surface area contributed by atoms with Gasteiger partial charge in [-0.05, 0) is 12.1 Å². The highest BCUT2D eigenvalue weighted by atomic mass is 35.5. The highest BCUT2D eigenvalue weighted by Gasteiger charge is 2.11. The standard InChI is InChI=1S/C9H6ClFN2O2S/c10-5-2-1-3-6(8(5)11)15-9-13-12-7(4-14)16-9/h1-3,14H,4H2. The summed E-state index contributed by atoms with van der Waals surface area (Å²) in [5.74, 6) is -0.668. The summed E-state index contributed by atoms with van der Waals surface area (Å²) in [7, 11) is 0. The van der Waals surface area contributed by atoms with Gasteiger partial charge in [0.25, 0.3) is 5.19 Å². The van der Waals surface area contributed by atoms with Gasteiger partial charge in [0.05, 0.1) is 11.6 Å². The van der Waals surface area contributed by atoms with E-state index in [0.29, 0.717) is 5.01 Å². The molecule has 7 heteroatoms. The number of ether oxygens (including phenoxy) is 1. The molecule has 0 unspecified atom stereocenters. The first-order valence-electron chi connectivity index (χ1n) is 4.26. The van der Waals surface area contributed by atoms with Crippen molar-refractivity contribution in [2.45, 2.75) is 6.61 Å². The van der Waals surface area contributed by atoms with E-state index in [1.54, 1.807) is 6.07 Å². The first kappa shape index (κ1) is 11.3. The van der Waals surface area contributed by atoms with Crippen LogP contribution in [0.2, 0.25) is 5.02 Å². The molecule has 0 aliphatic carbocycles. The van der Waals surface area contributed by atoms with Crippen LogP contribution in [0.3, 0.4) is 0 Å². The quantitative estimate of drug-likeness (QED) is 0.922. The van der Waals surface area contributed by atoms with Crippen molar-refractivity contribution in [2.75, 3.05) is 0 Å². The summed E-state index contributed by atoms with van der Waals surface area (Å²) in [5, 5.41) is 16.6. The Bertz CT molecular complexity index is 506. The zero-order valence-electron chi connectivity index (χ0n) is 7.85. The minimum absolute atomic E-state index is 0.0202. The van der Waals surface area contributed by atoms with E-state index in [9.17, 15) is 4.39 Å². The Morgan fingerprint density at radius 1 is 1.44 bits per heavy atom. The molecule has 2 aromatic rings. The van der Waals surface area contributed by atoms with E-state index in [4.69, 9.17) is 21.4 Å². The van der Waals surface area contributed by atoms with E-state index in [1.165, 1.54) is 12.1 Å². The zero-order chi connectivity index (χ0) is 11.5. The van der Waals surface area contributed by atoms with Gasteiger partial charge in [-0.15, -0.1) is 5.10 Å². The van der Waals surface area contributed by atoms with Gasteiger partial charge in [-0.2, -0.15) is 0 Å². The maximum Gasteiger partial charge on any atom is 0.299 e. The van der Waals surface area contributed by atoms with Crippen LogP contribution in [-0.4, -0.2) is 15.3 Å². The lowest BCUT2D eigenvalue weighted by Gasteiger charge is -2.02. The Labute approximate surface area is 99.3 Å². The Hall–Kier alpha value is -1.24. The number of aliphatic hydroxyl groups is 1. The van der Waals surface area contributed by atoms with E-state index in [0.717, 1.165) is 11.3 Å². The molecule has 1 aromatic heterocycles. The second kappa shape index (κ2) is 4.73. The minimum atomic E-state index is -0.648. The molecule has 0 radical (unpaired) electrons. The third-order valence-corrected chi connectivity index (χ3v) is 2.77. The van der Waals surface area contributed by atoms with Crippen LogP contribution in [0.4, 0.5) is 4.39 Å². The molecule has 1 N–H and O–H groups in total. The fourth-order valence-electron chi connectivity index (χ4n) is 1.00. The Kier molecular flexibility index (Phi) is 3.33. The first-order chi connectivity index (χ1) is 7.70. The van der Waals surface area contributed by atoms with E-state index in [2.05, 4.69) is 10.2 Å². The Morgan fingerprint density at radius 3 is 2.94 bits per heavy atom. The average Bonchev–Trinajstić information content (AvgIpc) is 2.73. The molecule has 0 saturated carbocycles. The van der Waals surface area contributed by atoms with Gasteiger partial charge in [-0.1, -0.05) is 34.1 Å². The van der Waals surface area contributed by atoms with Crippen molar-refractivity contribution in [1.82, 2.24) is 10.2 Å². The summed E-state index contributed by atoms with van der Waals surface area (Å²) < 4.78 is 18.6. The van der Waals surface area contributed by atoms with Gasteiger partial charge in [-0.25, -0.2) is 4.39 Å². The molecule has 0 aliphatic heterocycles. The lowest BCUT2D eigenvalue weighted by Crippen LogP contribution is -1.88. The van der Waals surface area contributed by atoms with E-state index in [-0.39, 0.29) is 22.6 Å². The van der Waals surface area contributed by atoms with Crippen LogP contribution in [0.25, 0.3) is 0 Å². The number of benzene rings is 1. The predicted octanol–water partition coefficient (Wildman–Crippen LogP) is 2.62. The number of hydrogen-bond acceptors (Lipinski definition) is 5. The molecule has 1 aromatic carbocycles. The molecular formula is C9H6ClFN2O2S. The van der Waals surface area contributed by atoms with Gasteiger partial charge in [0.15, 0.2) is 11.6 Å². The highest BCUT2D eigenvalue weighted by molar-refractivity contribution is 7.13. The zero-order valence-corrected chi connectivity index (χ0v) is 9.43. The van der Waals surface area contributed by atoms with Gasteiger partial charge in [0.2, 0.25) is 0 Å². The molecular weight excluding hydrogens is 255 g/mol. The van der Waals surface area contributed by atoms with Crippen molar-refractivity contribution in [3.8, 4) is 10.9 Å². The largest absolute Gasteiger partial charge is 0.427 e. The van der Waals surface area contributed by atoms with Gasteiger partial charge >= 0.3 is 0 Å². The van der Waals surface area contributed by atoms with Gasteiger partial charge in [-0.3, -0.25) is 0 Å². The molecule has 0 saturated heterocycles. The summed E-state index contributed by atoms with van der Waals surface area (Å²) in [6, 6.07) is 4.42. The van der Waals surface area contributed by atoms with Crippen LogP contribution < -0.4 is 4.74 Å². The van der Waals surface area contributed by atoms with Crippen LogP contribution in [0.1, 0.15) is 5.01 Å². The molecule has 0 aliphatic rings. The van der Waals surface area contributed by atoms with E-state index < -0.39 is 5.82 Å². The number of nitrogens with zero attached hydrogens (tertiary/aromatic N) is 2. The van der Waals surface area contributed by atoms with Crippen LogP contribution in [0.5, 0.6) is 10.9 Å². The molecule has 84 valence electrons. The smallest absolute Gasteiger partial charge is 0.299 e. The molecule has 0 spiro atoms. The van der Waals surface area contributed by atoms with Crippen LogP contribution in [0.15, 0.2) is 18.2 Å². The summed E-state index contributed by atoms with van der Waals surface area (Å²) in [5.41, 5.74) is 0. The number of rotatable bonds is 3. The van der Waals surface area contributed by atoms with Crippen molar-refractivity contribution in [3.63, 3.8) is 0 Å². The number of aliphatic hydroxyl groups excluding tert-OH is 1. The Balaban J connectivity index is 2.23. The summed E-state index contributed by atoms with van der Waals surface area (Å²) in [6.07, 6.45) is 0. The normalized spacial score (nSPS) is 10.4. The lowest BCUT2D eigenvalue weighted by atomic mass is 10.3. The van der Waals surface area contributed by atoms with Crippen molar-refractivity contribution in [1.29, 1.82) is 0 Å². The molecule has 16 heavy (non-hydrogen) atoms. The summed E-state index contributed by atoms with van der Waals surface area (Å²) in [4.78, 5) is 0. The number of hydrogen-bond donors (Lipinski definition) is 1. The fraction of sp³-hybridized carbons (Fsp3) is 0.111. The second-order valence-electron chi connectivity index (χ2n) is 2.77. The predicted molar refractivity (Wildman–Crippen MR) is 57.3 cm³/mol. The van der Waals surface area contributed by atoms with Crippen molar-refractivity contribution >= 4 is 22.9 Å². The van der Waals surface area contributed by atoms with Crippen LogP contribution in [-0.2, 0) is 6.61 Å². The maximum atomic E-state index is 13.4. The second-order valence-corrected chi connectivity index (χ2v) is 4.21. The van der Waals surface area contributed by atoms with Gasteiger partial charge in [0.1, 0.15) is 5.01 Å². The number of aromatic nitrogens is 2. The molecule has 4 nitrogen and oxygen atoms in total. The first-order valence-corrected chi connectivity index (χ1v) is 5.45. The van der Waals surface area contributed by atoms with E-state index in [1.807, 2.05) is 0 Å². The van der Waals surface area contributed by atoms with Crippen LogP contribution >= 0.6 is 22.9 Å².